The van der Waals surface area contributed by atoms with Crippen LogP contribution in [0.5, 0.6) is 0 Å². The zero-order valence-corrected chi connectivity index (χ0v) is 8.23. The number of halogens is 4. The fraction of sp³-hybridized carbons (Fsp3) is 0.889. The molecule has 1 fully saturated rings. The molecule has 15 heavy (non-hydrogen) atoms. The predicted octanol–water partition coefficient (Wildman–Crippen LogP) is 2.62. The molecule has 0 spiro atoms. The Labute approximate surface area is 84.6 Å². The van der Waals surface area contributed by atoms with Gasteiger partial charge < -0.3 is 4.74 Å². The number of rotatable bonds is 1. The number of esters is 1. The highest BCUT2D eigenvalue weighted by Crippen LogP contribution is 2.43. The van der Waals surface area contributed by atoms with Crippen molar-refractivity contribution in [2.24, 2.45) is 5.92 Å². The third-order valence-corrected chi connectivity index (χ3v) is 2.79. The number of ether oxygens (including phenoxy) is 1. The summed E-state index contributed by atoms with van der Waals surface area (Å²) in [4.78, 5) is 11.0. The van der Waals surface area contributed by atoms with E-state index in [0.29, 0.717) is 0 Å². The molecule has 1 saturated carbocycles. The van der Waals surface area contributed by atoms with E-state index in [1.807, 2.05) is 0 Å². The van der Waals surface area contributed by atoms with Crippen LogP contribution in [0.25, 0.3) is 0 Å². The molecule has 0 atom stereocenters. The molecule has 88 valence electrons. The SMILES string of the molecule is COC(=O)C1(F)CCC(C(F)(F)F)CC1. The van der Waals surface area contributed by atoms with E-state index >= 15 is 0 Å². The van der Waals surface area contributed by atoms with E-state index in [9.17, 15) is 22.4 Å². The van der Waals surface area contributed by atoms with Crippen LogP contribution >= 0.6 is 0 Å². The highest BCUT2D eigenvalue weighted by molar-refractivity contribution is 5.79. The van der Waals surface area contributed by atoms with Gasteiger partial charge in [-0.15, -0.1) is 0 Å². The normalized spacial score (nSPS) is 32.5. The number of methoxy groups -OCH3 is 1. The van der Waals surface area contributed by atoms with E-state index in [2.05, 4.69) is 4.74 Å². The van der Waals surface area contributed by atoms with Crippen molar-refractivity contribution in [1.82, 2.24) is 0 Å². The van der Waals surface area contributed by atoms with Gasteiger partial charge in [0.2, 0.25) is 5.67 Å². The second kappa shape index (κ2) is 3.98. The van der Waals surface area contributed by atoms with Crippen LogP contribution in [0.1, 0.15) is 25.7 Å². The van der Waals surface area contributed by atoms with Crippen molar-refractivity contribution in [1.29, 1.82) is 0 Å². The first-order chi connectivity index (χ1) is 6.79. The Morgan fingerprint density at radius 1 is 1.33 bits per heavy atom. The van der Waals surface area contributed by atoms with Gasteiger partial charge in [0.15, 0.2) is 0 Å². The van der Waals surface area contributed by atoms with Crippen LogP contribution in [0.3, 0.4) is 0 Å². The molecule has 0 N–H and O–H groups in total. The van der Waals surface area contributed by atoms with Crippen LogP contribution < -0.4 is 0 Å². The molecule has 0 bridgehead atoms. The van der Waals surface area contributed by atoms with Crippen molar-refractivity contribution in [3.8, 4) is 0 Å². The van der Waals surface area contributed by atoms with Crippen LogP contribution in [0.4, 0.5) is 17.6 Å². The second-order valence-electron chi connectivity index (χ2n) is 3.77. The minimum atomic E-state index is -4.29. The molecule has 1 rings (SSSR count). The third kappa shape index (κ3) is 2.60. The first-order valence-electron chi connectivity index (χ1n) is 4.63. The van der Waals surface area contributed by atoms with Crippen LogP contribution in [-0.2, 0) is 9.53 Å². The lowest BCUT2D eigenvalue weighted by Crippen LogP contribution is -2.41. The predicted molar refractivity (Wildman–Crippen MR) is 43.9 cm³/mol. The Balaban J connectivity index is 2.59. The smallest absolute Gasteiger partial charge is 0.391 e. The van der Waals surface area contributed by atoms with Gasteiger partial charge in [0.25, 0.3) is 0 Å². The maximum Gasteiger partial charge on any atom is 0.391 e. The van der Waals surface area contributed by atoms with Crippen LogP contribution in [0.2, 0.25) is 0 Å². The first-order valence-corrected chi connectivity index (χ1v) is 4.63. The largest absolute Gasteiger partial charge is 0.467 e. The molecule has 0 aliphatic heterocycles. The summed E-state index contributed by atoms with van der Waals surface area (Å²) >= 11 is 0. The molecule has 1 aliphatic carbocycles. The fourth-order valence-corrected chi connectivity index (χ4v) is 1.79. The molecule has 0 aromatic carbocycles. The van der Waals surface area contributed by atoms with Gasteiger partial charge in [-0.1, -0.05) is 0 Å². The molecule has 2 nitrogen and oxygen atoms in total. The molecule has 0 heterocycles. The van der Waals surface area contributed by atoms with Crippen molar-refractivity contribution < 1.29 is 27.1 Å². The maximum absolute atomic E-state index is 13.7. The van der Waals surface area contributed by atoms with Crippen molar-refractivity contribution in [3.63, 3.8) is 0 Å². The lowest BCUT2D eigenvalue weighted by atomic mass is 9.79. The van der Waals surface area contributed by atoms with Gasteiger partial charge in [-0.2, -0.15) is 13.2 Å². The van der Waals surface area contributed by atoms with Gasteiger partial charge >= 0.3 is 12.1 Å². The highest BCUT2D eigenvalue weighted by Gasteiger charge is 2.49. The summed E-state index contributed by atoms with van der Waals surface area (Å²) in [5, 5.41) is 0. The van der Waals surface area contributed by atoms with Crippen LogP contribution in [0, 0.1) is 5.92 Å². The summed E-state index contributed by atoms with van der Waals surface area (Å²) in [7, 11) is 1.03. The molecule has 0 aromatic rings. The van der Waals surface area contributed by atoms with Gasteiger partial charge in [0.1, 0.15) is 0 Å². The number of hydrogen-bond donors (Lipinski definition) is 0. The molecule has 6 heteroatoms. The van der Waals surface area contributed by atoms with E-state index < -0.39 is 36.6 Å². The quantitative estimate of drug-likeness (QED) is 0.509. The minimum absolute atomic E-state index is 0.352. The monoisotopic (exact) mass is 228 g/mol. The van der Waals surface area contributed by atoms with Gasteiger partial charge in [-0.05, 0) is 25.7 Å². The fourth-order valence-electron chi connectivity index (χ4n) is 1.79. The number of carbonyl (C=O) groups excluding carboxylic acids is 1. The Hall–Kier alpha value is -0.810. The molecule has 0 amide bonds. The summed E-state index contributed by atoms with van der Waals surface area (Å²) < 4.78 is 54.6. The van der Waals surface area contributed by atoms with Crippen molar-refractivity contribution in [3.05, 3.63) is 0 Å². The summed E-state index contributed by atoms with van der Waals surface area (Å²) in [5.74, 6) is -2.56. The van der Waals surface area contributed by atoms with Gasteiger partial charge in [-0.3, -0.25) is 0 Å². The Morgan fingerprint density at radius 2 is 1.80 bits per heavy atom. The lowest BCUT2D eigenvalue weighted by Gasteiger charge is -2.32. The summed E-state index contributed by atoms with van der Waals surface area (Å²) in [5.41, 5.74) is -2.23. The van der Waals surface area contributed by atoms with Crippen molar-refractivity contribution in [2.45, 2.75) is 37.5 Å². The molecular formula is C9H12F4O2. The topological polar surface area (TPSA) is 26.3 Å². The highest BCUT2D eigenvalue weighted by atomic mass is 19.4. The number of alkyl halides is 4. The van der Waals surface area contributed by atoms with Gasteiger partial charge in [-0.25, -0.2) is 9.18 Å². The third-order valence-electron chi connectivity index (χ3n) is 2.79. The molecule has 0 saturated heterocycles. The Kier molecular flexibility index (Phi) is 3.25. The molecule has 0 radical (unpaired) electrons. The average molecular weight is 228 g/mol. The lowest BCUT2D eigenvalue weighted by molar-refractivity contribution is -0.193. The summed E-state index contributed by atoms with van der Waals surface area (Å²) in [6.07, 6.45) is -5.82. The van der Waals surface area contributed by atoms with Crippen LogP contribution in [0.15, 0.2) is 0 Å². The summed E-state index contributed by atoms with van der Waals surface area (Å²) in [6, 6.07) is 0. The Bertz CT molecular complexity index is 241. The van der Waals surface area contributed by atoms with Gasteiger partial charge in [0.05, 0.1) is 13.0 Å². The first kappa shape index (κ1) is 12.3. The second-order valence-corrected chi connectivity index (χ2v) is 3.77. The van der Waals surface area contributed by atoms with Crippen LogP contribution in [-0.4, -0.2) is 24.9 Å². The van der Waals surface area contributed by atoms with E-state index in [-0.39, 0.29) is 12.8 Å². The zero-order chi connectivity index (χ0) is 11.7. The minimum Gasteiger partial charge on any atom is -0.467 e. The Morgan fingerprint density at radius 3 is 2.13 bits per heavy atom. The molecule has 0 aromatic heterocycles. The number of hydrogen-bond acceptors (Lipinski definition) is 2. The molecule has 1 aliphatic rings. The van der Waals surface area contributed by atoms with E-state index in [1.54, 1.807) is 0 Å². The van der Waals surface area contributed by atoms with Crippen molar-refractivity contribution in [2.75, 3.05) is 7.11 Å². The van der Waals surface area contributed by atoms with E-state index in [0.717, 1.165) is 7.11 Å². The zero-order valence-electron chi connectivity index (χ0n) is 8.23. The average Bonchev–Trinajstić information content (AvgIpc) is 2.15. The maximum atomic E-state index is 13.7. The van der Waals surface area contributed by atoms with Gasteiger partial charge in [0, 0.05) is 0 Å². The van der Waals surface area contributed by atoms with E-state index in [1.165, 1.54) is 0 Å². The molecular weight excluding hydrogens is 216 g/mol. The van der Waals surface area contributed by atoms with Crippen molar-refractivity contribution >= 4 is 5.97 Å². The number of carbonyl (C=O) groups is 1. The summed E-state index contributed by atoms with van der Waals surface area (Å²) in [6.45, 7) is 0. The standard InChI is InChI=1S/C9H12F4O2/c1-15-7(14)8(10)4-2-6(3-5-8)9(11,12)13/h6H,2-5H2,1H3. The van der Waals surface area contributed by atoms with E-state index in [4.69, 9.17) is 0 Å². The molecule has 0 unspecified atom stereocenters.